The average Bonchev–Trinajstić information content (AvgIpc) is 3.21. The quantitative estimate of drug-likeness (QED) is 0.502. The van der Waals surface area contributed by atoms with Crippen molar-refractivity contribution in [2.24, 2.45) is 0 Å². The molecule has 1 N–H and O–H groups in total. The minimum absolute atomic E-state index is 0.149. The van der Waals surface area contributed by atoms with E-state index in [2.05, 4.69) is 15.5 Å². The Morgan fingerprint density at radius 3 is 2.47 bits per heavy atom. The molecule has 0 aliphatic heterocycles. The standard InChI is InChI=1S/C23H27N5O3S/c1-5-28-21(19-10-8-7-9-16(19)3)25-26-22(28)32-15-20(29)24-17-11-13-18(14-12-17)27(4)23(30)31-6-2/h7-14H,5-6,15H2,1-4H3,(H,24,29). The van der Waals surface area contributed by atoms with Crippen LogP contribution < -0.4 is 10.2 Å². The molecule has 2 amide bonds. The summed E-state index contributed by atoms with van der Waals surface area (Å²) in [5.74, 6) is 0.857. The lowest BCUT2D eigenvalue weighted by molar-refractivity contribution is -0.113. The number of hydrogen-bond acceptors (Lipinski definition) is 6. The van der Waals surface area contributed by atoms with E-state index >= 15 is 0 Å². The first kappa shape index (κ1) is 23.3. The number of rotatable bonds is 8. The fourth-order valence-corrected chi connectivity index (χ4v) is 3.93. The van der Waals surface area contributed by atoms with Gasteiger partial charge in [-0.05, 0) is 50.6 Å². The highest BCUT2D eigenvalue weighted by Crippen LogP contribution is 2.26. The third kappa shape index (κ3) is 5.47. The van der Waals surface area contributed by atoms with Crippen molar-refractivity contribution in [2.75, 3.05) is 29.6 Å². The summed E-state index contributed by atoms with van der Waals surface area (Å²) in [6.07, 6.45) is -0.425. The molecular weight excluding hydrogens is 426 g/mol. The summed E-state index contributed by atoms with van der Waals surface area (Å²) in [7, 11) is 1.64. The number of thioether (sulfide) groups is 1. The highest BCUT2D eigenvalue weighted by atomic mass is 32.2. The van der Waals surface area contributed by atoms with Gasteiger partial charge in [0.2, 0.25) is 5.91 Å². The molecule has 0 fully saturated rings. The Kier molecular flexibility index (Phi) is 7.88. The van der Waals surface area contributed by atoms with Gasteiger partial charge in [0.15, 0.2) is 11.0 Å². The predicted octanol–water partition coefficient (Wildman–Crippen LogP) is 4.60. The molecule has 0 spiro atoms. The smallest absolute Gasteiger partial charge is 0.413 e. The number of nitrogens with zero attached hydrogens (tertiary/aromatic N) is 4. The minimum Gasteiger partial charge on any atom is -0.449 e. The molecule has 0 aliphatic carbocycles. The van der Waals surface area contributed by atoms with Crippen molar-refractivity contribution >= 4 is 35.1 Å². The van der Waals surface area contributed by atoms with Crippen LogP contribution in [0.2, 0.25) is 0 Å². The first-order valence-corrected chi connectivity index (χ1v) is 11.4. The number of anilines is 2. The van der Waals surface area contributed by atoms with Gasteiger partial charge in [0, 0.05) is 30.5 Å². The molecule has 0 atom stereocenters. The molecule has 0 saturated carbocycles. The molecule has 0 aliphatic rings. The summed E-state index contributed by atoms with van der Waals surface area (Å²) >= 11 is 1.35. The Balaban J connectivity index is 1.61. The number of aryl methyl sites for hydroxylation is 1. The molecule has 3 aromatic rings. The zero-order valence-corrected chi connectivity index (χ0v) is 19.5. The number of nitrogens with one attached hydrogen (secondary N) is 1. The molecule has 2 aromatic carbocycles. The highest BCUT2D eigenvalue weighted by molar-refractivity contribution is 7.99. The molecule has 1 aromatic heterocycles. The highest BCUT2D eigenvalue weighted by Gasteiger charge is 2.16. The van der Waals surface area contributed by atoms with E-state index in [-0.39, 0.29) is 11.7 Å². The zero-order valence-electron chi connectivity index (χ0n) is 18.7. The van der Waals surface area contributed by atoms with Crippen molar-refractivity contribution in [3.8, 4) is 11.4 Å². The van der Waals surface area contributed by atoms with E-state index in [0.29, 0.717) is 29.7 Å². The van der Waals surface area contributed by atoms with Crippen LogP contribution in [0.25, 0.3) is 11.4 Å². The summed E-state index contributed by atoms with van der Waals surface area (Å²) < 4.78 is 7.00. The fourth-order valence-electron chi connectivity index (χ4n) is 3.12. The lowest BCUT2D eigenvalue weighted by atomic mass is 10.1. The maximum absolute atomic E-state index is 12.5. The number of amides is 2. The van der Waals surface area contributed by atoms with Gasteiger partial charge >= 0.3 is 6.09 Å². The fraction of sp³-hybridized carbons (Fsp3) is 0.304. The lowest BCUT2D eigenvalue weighted by Crippen LogP contribution is -2.26. The Bertz CT molecular complexity index is 1080. The van der Waals surface area contributed by atoms with Gasteiger partial charge in [0.25, 0.3) is 0 Å². The summed E-state index contributed by atoms with van der Waals surface area (Å²) in [5.41, 5.74) is 3.48. The first-order valence-electron chi connectivity index (χ1n) is 10.4. The molecule has 0 saturated heterocycles. The molecule has 168 valence electrons. The Morgan fingerprint density at radius 2 is 1.81 bits per heavy atom. The van der Waals surface area contributed by atoms with Gasteiger partial charge in [-0.25, -0.2) is 4.79 Å². The van der Waals surface area contributed by atoms with Crippen molar-refractivity contribution in [3.63, 3.8) is 0 Å². The predicted molar refractivity (Wildman–Crippen MR) is 127 cm³/mol. The first-order chi connectivity index (χ1) is 15.4. The molecular formula is C23H27N5O3S. The minimum atomic E-state index is -0.425. The number of carbonyl (C=O) groups excluding carboxylic acids is 2. The largest absolute Gasteiger partial charge is 0.449 e. The summed E-state index contributed by atoms with van der Waals surface area (Å²) in [6, 6.07) is 15.0. The van der Waals surface area contributed by atoms with E-state index in [4.69, 9.17) is 4.74 Å². The van der Waals surface area contributed by atoms with Crippen molar-refractivity contribution in [1.29, 1.82) is 0 Å². The van der Waals surface area contributed by atoms with Gasteiger partial charge in [0.05, 0.1) is 12.4 Å². The number of ether oxygens (including phenoxy) is 1. The van der Waals surface area contributed by atoms with Crippen molar-refractivity contribution in [3.05, 3.63) is 54.1 Å². The van der Waals surface area contributed by atoms with E-state index in [0.717, 1.165) is 17.0 Å². The van der Waals surface area contributed by atoms with Gasteiger partial charge < -0.3 is 14.6 Å². The van der Waals surface area contributed by atoms with Crippen LogP contribution in [0.15, 0.2) is 53.7 Å². The van der Waals surface area contributed by atoms with Crippen LogP contribution >= 0.6 is 11.8 Å². The zero-order chi connectivity index (χ0) is 23.1. The normalized spacial score (nSPS) is 10.6. The van der Waals surface area contributed by atoms with Crippen LogP contribution in [-0.4, -0.2) is 46.2 Å². The van der Waals surface area contributed by atoms with E-state index in [1.54, 1.807) is 38.2 Å². The number of carbonyl (C=O) groups is 2. The van der Waals surface area contributed by atoms with Crippen LogP contribution in [-0.2, 0) is 16.1 Å². The lowest BCUT2D eigenvalue weighted by Gasteiger charge is -2.16. The summed E-state index contributed by atoms with van der Waals surface area (Å²) in [4.78, 5) is 25.7. The Labute approximate surface area is 192 Å². The monoisotopic (exact) mass is 453 g/mol. The Hall–Kier alpha value is -3.33. The number of benzene rings is 2. The van der Waals surface area contributed by atoms with Gasteiger partial charge in [0.1, 0.15) is 0 Å². The molecule has 8 nitrogen and oxygen atoms in total. The third-order valence-electron chi connectivity index (χ3n) is 4.83. The molecule has 0 bridgehead atoms. The SMILES string of the molecule is CCOC(=O)N(C)c1ccc(NC(=O)CSc2nnc(-c3ccccc3C)n2CC)cc1. The van der Waals surface area contributed by atoms with Crippen molar-refractivity contribution in [2.45, 2.75) is 32.5 Å². The second kappa shape index (κ2) is 10.8. The van der Waals surface area contributed by atoms with Crippen molar-refractivity contribution in [1.82, 2.24) is 14.8 Å². The second-order valence-electron chi connectivity index (χ2n) is 7.01. The van der Waals surface area contributed by atoms with E-state index < -0.39 is 6.09 Å². The molecule has 0 radical (unpaired) electrons. The van der Waals surface area contributed by atoms with Gasteiger partial charge in [-0.2, -0.15) is 0 Å². The molecule has 9 heteroatoms. The van der Waals surface area contributed by atoms with Gasteiger partial charge in [-0.15, -0.1) is 10.2 Å². The van der Waals surface area contributed by atoms with Crippen LogP contribution in [0.1, 0.15) is 19.4 Å². The molecule has 0 unspecified atom stereocenters. The summed E-state index contributed by atoms with van der Waals surface area (Å²) in [6.45, 7) is 6.85. The van der Waals surface area contributed by atoms with Crippen molar-refractivity contribution < 1.29 is 14.3 Å². The molecule has 32 heavy (non-hydrogen) atoms. The van der Waals surface area contributed by atoms with Crippen LogP contribution in [0.4, 0.5) is 16.2 Å². The Morgan fingerprint density at radius 1 is 1.09 bits per heavy atom. The van der Waals surface area contributed by atoms with Gasteiger partial charge in [-0.3, -0.25) is 9.69 Å². The third-order valence-corrected chi connectivity index (χ3v) is 5.80. The molecule has 3 rings (SSSR count). The number of hydrogen-bond donors (Lipinski definition) is 1. The van der Waals surface area contributed by atoms with E-state index in [1.807, 2.05) is 42.7 Å². The van der Waals surface area contributed by atoms with Crippen LogP contribution in [0, 0.1) is 6.92 Å². The number of aromatic nitrogens is 3. The van der Waals surface area contributed by atoms with E-state index in [9.17, 15) is 9.59 Å². The van der Waals surface area contributed by atoms with Crippen LogP contribution in [0.3, 0.4) is 0 Å². The average molecular weight is 454 g/mol. The topological polar surface area (TPSA) is 89.3 Å². The summed E-state index contributed by atoms with van der Waals surface area (Å²) in [5, 5.41) is 12.2. The van der Waals surface area contributed by atoms with E-state index in [1.165, 1.54) is 16.7 Å². The second-order valence-corrected chi connectivity index (χ2v) is 7.95. The maximum Gasteiger partial charge on any atom is 0.413 e. The maximum atomic E-state index is 12.5. The van der Waals surface area contributed by atoms with Crippen LogP contribution in [0.5, 0.6) is 0 Å². The molecule has 1 heterocycles. The van der Waals surface area contributed by atoms with Gasteiger partial charge in [-0.1, -0.05) is 36.0 Å².